The Balaban J connectivity index is 1.82. The highest BCUT2D eigenvalue weighted by molar-refractivity contribution is 6.34. The number of halogens is 2. The van der Waals surface area contributed by atoms with Crippen molar-refractivity contribution in [3.05, 3.63) is 68.7 Å². The molecular formula is C19H19Cl2NO2. The van der Waals surface area contributed by atoms with E-state index in [9.17, 15) is 4.79 Å². The third-order valence-corrected chi connectivity index (χ3v) is 4.67. The van der Waals surface area contributed by atoms with Gasteiger partial charge >= 0.3 is 0 Å². The first-order valence-electron chi connectivity index (χ1n) is 7.88. The highest BCUT2D eigenvalue weighted by Gasteiger charge is 2.27. The van der Waals surface area contributed by atoms with Crippen molar-refractivity contribution in [2.45, 2.75) is 20.0 Å². The number of rotatable bonds is 2. The van der Waals surface area contributed by atoms with Gasteiger partial charge in [0.15, 0.2) is 0 Å². The van der Waals surface area contributed by atoms with Crippen molar-refractivity contribution in [1.29, 1.82) is 0 Å². The van der Waals surface area contributed by atoms with Gasteiger partial charge in [-0.3, -0.25) is 4.79 Å². The zero-order valence-electron chi connectivity index (χ0n) is 13.7. The minimum absolute atomic E-state index is 0.0395. The largest absolute Gasteiger partial charge is 0.370 e. The Kier molecular flexibility index (Phi) is 5.14. The average molecular weight is 364 g/mol. The number of benzene rings is 2. The lowest BCUT2D eigenvalue weighted by atomic mass is 10.0. The number of morpholine rings is 1. The number of ether oxygens (including phenoxy) is 1. The predicted molar refractivity (Wildman–Crippen MR) is 97.0 cm³/mol. The lowest BCUT2D eigenvalue weighted by molar-refractivity contribution is -0.0228. The van der Waals surface area contributed by atoms with Gasteiger partial charge in [0.05, 0.1) is 13.2 Å². The Labute approximate surface area is 152 Å². The van der Waals surface area contributed by atoms with Gasteiger partial charge in [-0.05, 0) is 49.2 Å². The summed E-state index contributed by atoms with van der Waals surface area (Å²) < 4.78 is 5.83. The first-order chi connectivity index (χ1) is 11.4. The smallest absolute Gasteiger partial charge is 0.254 e. The van der Waals surface area contributed by atoms with E-state index in [1.165, 1.54) is 0 Å². The summed E-state index contributed by atoms with van der Waals surface area (Å²) in [6.07, 6.45) is -0.219. The fraction of sp³-hybridized carbons (Fsp3) is 0.316. The Bertz CT molecular complexity index is 756. The van der Waals surface area contributed by atoms with Gasteiger partial charge in [-0.2, -0.15) is 0 Å². The van der Waals surface area contributed by atoms with Crippen LogP contribution in [0.15, 0.2) is 36.4 Å². The second-order valence-corrected chi connectivity index (χ2v) is 7.00. The van der Waals surface area contributed by atoms with Gasteiger partial charge in [0, 0.05) is 22.2 Å². The van der Waals surface area contributed by atoms with Gasteiger partial charge in [-0.15, -0.1) is 0 Å². The van der Waals surface area contributed by atoms with Crippen LogP contribution in [0, 0.1) is 13.8 Å². The topological polar surface area (TPSA) is 29.5 Å². The number of hydrogen-bond donors (Lipinski definition) is 0. The Morgan fingerprint density at radius 3 is 2.54 bits per heavy atom. The monoisotopic (exact) mass is 363 g/mol. The van der Waals surface area contributed by atoms with Crippen LogP contribution in [0.25, 0.3) is 0 Å². The highest BCUT2D eigenvalue weighted by Crippen LogP contribution is 2.29. The molecule has 0 aliphatic carbocycles. The van der Waals surface area contributed by atoms with E-state index < -0.39 is 0 Å². The maximum atomic E-state index is 12.9. The van der Waals surface area contributed by atoms with Crippen LogP contribution in [0.1, 0.15) is 33.2 Å². The summed E-state index contributed by atoms with van der Waals surface area (Å²) in [7, 11) is 0. The number of aryl methyl sites for hydroxylation is 2. The second-order valence-electron chi connectivity index (χ2n) is 6.13. The molecule has 0 radical (unpaired) electrons. The van der Waals surface area contributed by atoms with Crippen molar-refractivity contribution >= 4 is 29.1 Å². The summed E-state index contributed by atoms with van der Waals surface area (Å²) >= 11 is 12.2. The summed E-state index contributed by atoms with van der Waals surface area (Å²) in [6, 6.07) is 11.3. The normalized spacial score (nSPS) is 17.8. The number of nitrogens with zero attached hydrogens (tertiary/aromatic N) is 1. The summed E-state index contributed by atoms with van der Waals surface area (Å²) in [5, 5.41) is 1.14. The maximum absolute atomic E-state index is 12.9. The van der Waals surface area contributed by atoms with Crippen molar-refractivity contribution in [3.8, 4) is 0 Å². The van der Waals surface area contributed by atoms with Gasteiger partial charge in [0.1, 0.15) is 6.10 Å². The Hall–Kier alpha value is -1.55. The minimum Gasteiger partial charge on any atom is -0.370 e. The standard InChI is InChI=1S/C19H19Cl2NO2/c1-12-3-4-13(2)17(7-12)19(23)22-5-6-24-18(11-22)14-8-15(20)10-16(21)9-14/h3-4,7-10,18H,5-6,11H2,1-2H3. The summed E-state index contributed by atoms with van der Waals surface area (Å²) in [6.45, 7) is 5.51. The fourth-order valence-corrected chi connectivity index (χ4v) is 3.48. The van der Waals surface area contributed by atoms with Crippen LogP contribution in [0.2, 0.25) is 10.0 Å². The van der Waals surface area contributed by atoms with E-state index in [1.54, 1.807) is 6.07 Å². The van der Waals surface area contributed by atoms with Gasteiger partial charge in [-0.25, -0.2) is 0 Å². The molecule has 3 rings (SSSR count). The lowest BCUT2D eigenvalue weighted by Crippen LogP contribution is -2.42. The summed E-state index contributed by atoms with van der Waals surface area (Å²) in [5.41, 5.74) is 3.71. The molecule has 1 aliphatic heterocycles. The number of carbonyl (C=O) groups is 1. The molecule has 1 aliphatic rings. The first kappa shape index (κ1) is 17.3. The maximum Gasteiger partial charge on any atom is 0.254 e. The molecule has 2 aromatic carbocycles. The minimum atomic E-state index is -0.219. The third-order valence-electron chi connectivity index (χ3n) is 4.23. The van der Waals surface area contributed by atoms with Crippen molar-refractivity contribution in [3.63, 3.8) is 0 Å². The molecule has 1 unspecified atom stereocenters. The van der Waals surface area contributed by atoms with Crippen molar-refractivity contribution < 1.29 is 9.53 Å². The molecule has 24 heavy (non-hydrogen) atoms. The van der Waals surface area contributed by atoms with E-state index >= 15 is 0 Å². The molecule has 0 bridgehead atoms. The van der Waals surface area contributed by atoms with Gasteiger partial charge in [0.25, 0.3) is 5.91 Å². The fourth-order valence-electron chi connectivity index (χ4n) is 2.93. The van der Waals surface area contributed by atoms with Crippen molar-refractivity contribution in [1.82, 2.24) is 4.90 Å². The molecule has 1 saturated heterocycles. The highest BCUT2D eigenvalue weighted by atomic mass is 35.5. The molecule has 0 N–H and O–H groups in total. The quantitative estimate of drug-likeness (QED) is 0.764. The zero-order chi connectivity index (χ0) is 17.3. The molecule has 1 amide bonds. The lowest BCUT2D eigenvalue weighted by Gasteiger charge is -2.33. The van der Waals surface area contributed by atoms with Gasteiger partial charge in [-0.1, -0.05) is 40.9 Å². The van der Waals surface area contributed by atoms with Gasteiger partial charge in [0.2, 0.25) is 0 Å². The molecule has 0 aromatic heterocycles. The number of amides is 1. The van der Waals surface area contributed by atoms with Gasteiger partial charge < -0.3 is 9.64 Å². The van der Waals surface area contributed by atoms with Crippen LogP contribution in [-0.4, -0.2) is 30.5 Å². The molecule has 126 valence electrons. The average Bonchev–Trinajstić information content (AvgIpc) is 2.55. The number of carbonyl (C=O) groups excluding carboxylic acids is 1. The van der Waals surface area contributed by atoms with Crippen LogP contribution in [0.5, 0.6) is 0 Å². The van der Waals surface area contributed by atoms with Crippen molar-refractivity contribution in [2.75, 3.05) is 19.7 Å². The number of hydrogen-bond acceptors (Lipinski definition) is 2. The van der Waals surface area contributed by atoms with E-state index in [0.29, 0.717) is 29.7 Å². The zero-order valence-corrected chi connectivity index (χ0v) is 15.2. The van der Waals surface area contributed by atoms with E-state index in [2.05, 4.69) is 0 Å². The van der Waals surface area contributed by atoms with E-state index in [1.807, 2.05) is 49.1 Å². The molecule has 3 nitrogen and oxygen atoms in total. The van der Waals surface area contributed by atoms with Crippen LogP contribution < -0.4 is 0 Å². The van der Waals surface area contributed by atoms with Crippen molar-refractivity contribution in [2.24, 2.45) is 0 Å². The van der Waals surface area contributed by atoms with Crippen LogP contribution in [0.3, 0.4) is 0 Å². The molecule has 1 heterocycles. The van der Waals surface area contributed by atoms with Crippen LogP contribution in [-0.2, 0) is 4.74 Å². The molecule has 1 fully saturated rings. The van der Waals surface area contributed by atoms with Crippen LogP contribution in [0.4, 0.5) is 0 Å². The Morgan fingerprint density at radius 1 is 1.12 bits per heavy atom. The summed E-state index contributed by atoms with van der Waals surface area (Å²) in [5.74, 6) is 0.0395. The molecule has 1 atom stereocenters. The summed E-state index contributed by atoms with van der Waals surface area (Å²) in [4.78, 5) is 14.7. The second kappa shape index (κ2) is 7.14. The molecular weight excluding hydrogens is 345 g/mol. The first-order valence-corrected chi connectivity index (χ1v) is 8.64. The van der Waals surface area contributed by atoms with Crippen LogP contribution >= 0.6 is 23.2 Å². The predicted octanol–water partition coefficient (Wildman–Crippen LogP) is 4.82. The molecule has 5 heteroatoms. The van der Waals surface area contributed by atoms with E-state index in [4.69, 9.17) is 27.9 Å². The Morgan fingerprint density at radius 2 is 1.83 bits per heavy atom. The molecule has 0 saturated carbocycles. The molecule has 2 aromatic rings. The molecule has 0 spiro atoms. The van der Waals surface area contributed by atoms with E-state index in [-0.39, 0.29) is 12.0 Å². The van der Waals surface area contributed by atoms with E-state index in [0.717, 1.165) is 22.3 Å². The SMILES string of the molecule is Cc1ccc(C)c(C(=O)N2CCOC(c3cc(Cl)cc(Cl)c3)C2)c1. The third kappa shape index (κ3) is 3.75.